The topological polar surface area (TPSA) is 61.9 Å². The third-order valence-corrected chi connectivity index (χ3v) is 6.46. The summed E-state index contributed by atoms with van der Waals surface area (Å²) in [5, 5.41) is 2.67. The fraction of sp³-hybridized carbons (Fsp3) is 0.417. The molecule has 2 aliphatic rings. The standard InChI is InChI=1S/C24H27F2N3O3/c1-24(17-9-12-19(25)20(26)14-17)22(30)29(23(31)27-24)15-28-13-5-3-4-6-21(28)16-7-10-18(32-2)11-8-16/h7-12,14,21H,3-6,13,15H2,1-2H3,(H,27,31)/t21-,24+/m0/s1. The molecule has 32 heavy (non-hydrogen) atoms. The number of carbonyl (C=O) groups excluding carboxylic acids is 2. The molecule has 3 amide bonds. The van der Waals surface area contributed by atoms with Gasteiger partial charge in [0.2, 0.25) is 0 Å². The van der Waals surface area contributed by atoms with Crippen LogP contribution in [0.5, 0.6) is 5.75 Å². The van der Waals surface area contributed by atoms with Crippen molar-refractivity contribution in [2.24, 2.45) is 0 Å². The Labute approximate surface area is 186 Å². The molecular formula is C24H27F2N3O3. The molecule has 0 bridgehead atoms. The average Bonchev–Trinajstić information content (AvgIpc) is 2.94. The molecule has 1 N–H and O–H groups in total. The lowest BCUT2D eigenvalue weighted by Crippen LogP contribution is -2.45. The van der Waals surface area contributed by atoms with Crippen LogP contribution in [0.3, 0.4) is 0 Å². The molecule has 2 aromatic rings. The van der Waals surface area contributed by atoms with Crippen LogP contribution in [0.4, 0.5) is 13.6 Å². The van der Waals surface area contributed by atoms with Gasteiger partial charge in [-0.05, 0) is 55.2 Å². The number of amides is 3. The number of methoxy groups -OCH3 is 1. The Bertz CT molecular complexity index is 1010. The number of halogens is 2. The van der Waals surface area contributed by atoms with Crippen LogP contribution >= 0.6 is 0 Å². The van der Waals surface area contributed by atoms with Crippen LogP contribution in [0, 0.1) is 11.6 Å². The van der Waals surface area contributed by atoms with Crippen LogP contribution in [-0.4, -0.2) is 42.1 Å². The van der Waals surface area contributed by atoms with E-state index in [9.17, 15) is 18.4 Å². The smallest absolute Gasteiger partial charge is 0.326 e. The van der Waals surface area contributed by atoms with Crippen molar-refractivity contribution in [2.75, 3.05) is 20.3 Å². The van der Waals surface area contributed by atoms with Gasteiger partial charge in [0.25, 0.3) is 5.91 Å². The monoisotopic (exact) mass is 443 g/mol. The number of nitrogens with one attached hydrogen (secondary N) is 1. The van der Waals surface area contributed by atoms with Crippen LogP contribution in [-0.2, 0) is 10.3 Å². The molecule has 2 atom stereocenters. The fourth-order valence-electron chi connectivity index (χ4n) is 4.55. The number of hydrogen-bond acceptors (Lipinski definition) is 4. The summed E-state index contributed by atoms with van der Waals surface area (Å²) in [6, 6.07) is 10.6. The molecule has 0 aromatic heterocycles. The van der Waals surface area contributed by atoms with Crippen LogP contribution in [0.1, 0.15) is 49.8 Å². The van der Waals surface area contributed by atoms with Gasteiger partial charge in [0.1, 0.15) is 11.3 Å². The van der Waals surface area contributed by atoms with Gasteiger partial charge < -0.3 is 10.1 Å². The maximum absolute atomic E-state index is 13.8. The zero-order valence-corrected chi connectivity index (χ0v) is 18.2. The molecular weight excluding hydrogens is 416 g/mol. The first-order valence-corrected chi connectivity index (χ1v) is 10.8. The first-order valence-electron chi connectivity index (χ1n) is 10.8. The summed E-state index contributed by atoms with van der Waals surface area (Å²) in [5.74, 6) is -1.77. The Kier molecular flexibility index (Phi) is 6.15. The highest BCUT2D eigenvalue weighted by Crippen LogP contribution is 2.34. The molecule has 8 heteroatoms. The number of benzene rings is 2. The van der Waals surface area contributed by atoms with Crippen LogP contribution < -0.4 is 10.1 Å². The van der Waals surface area contributed by atoms with Gasteiger partial charge in [0, 0.05) is 12.6 Å². The third-order valence-electron chi connectivity index (χ3n) is 6.46. The summed E-state index contributed by atoms with van der Waals surface area (Å²) in [6.07, 6.45) is 4.02. The second-order valence-corrected chi connectivity index (χ2v) is 8.51. The number of hydrogen-bond donors (Lipinski definition) is 1. The first kappa shape index (κ1) is 22.2. The van der Waals surface area contributed by atoms with Crippen molar-refractivity contribution in [1.29, 1.82) is 0 Å². The number of carbonyl (C=O) groups is 2. The van der Waals surface area contributed by atoms with Gasteiger partial charge in [-0.1, -0.05) is 31.0 Å². The third kappa shape index (κ3) is 4.07. The number of imide groups is 1. The van der Waals surface area contributed by atoms with Gasteiger partial charge in [0.15, 0.2) is 11.6 Å². The van der Waals surface area contributed by atoms with E-state index < -0.39 is 29.1 Å². The molecule has 0 spiro atoms. The summed E-state index contributed by atoms with van der Waals surface area (Å²) < 4.78 is 32.4. The molecule has 4 rings (SSSR count). The van der Waals surface area contributed by atoms with Gasteiger partial charge in [-0.3, -0.25) is 9.69 Å². The normalized spacial score (nSPS) is 24.4. The van der Waals surface area contributed by atoms with E-state index in [4.69, 9.17) is 4.74 Å². The molecule has 0 radical (unpaired) electrons. The largest absolute Gasteiger partial charge is 0.497 e. The predicted octanol–water partition coefficient (Wildman–Crippen LogP) is 4.32. The van der Waals surface area contributed by atoms with Crippen molar-refractivity contribution < 1.29 is 23.1 Å². The summed E-state index contributed by atoms with van der Waals surface area (Å²) in [4.78, 5) is 29.4. The first-order chi connectivity index (χ1) is 15.3. The lowest BCUT2D eigenvalue weighted by Gasteiger charge is -2.33. The Balaban J connectivity index is 1.58. The molecule has 0 aliphatic carbocycles. The van der Waals surface area contributed by atoms with E-state index in [0.29, 0.717) is 0 Å². The molecule has 6 nitrogen and oxygen atoms in total. The molecule has 2 aliphatic heterocycles. The average molecular weight is 443 g/mol. The minimum Gasteiger partial charge on any atom is -0.497 e. The molecule has 2 heterocycles. The molecule has 0 unspecified atom stereocenters. The van der Waals surface area contributed by atoms with Gasteiger partial charge in [-0.2, -0.15) is 0 Å². The Morgan fingerprint density at radius 3 is 2.50 bits per heavy atom. The Morgan fingerprint density at radius 2 is 1.81 bits per heavy atom. The van der Waals surface area contributed by atoms with Crippen molar-refractivity contribution in [2.45, 2.75) is 44.2 Å². The molecule has 2 fully saturated rings. The minimum absolute atomic E-state index is 0.0547. The highest BCUT2D eigenvalue weighted by molar-refractivity contribution is 6.07. The SMILES string of the molecule is COc1ccc([C@@H]2CCCCCN2CN2C(=O)N[C@](C)(c3ccc(F)c(F)c3)C2=O)cc1. The van der Waals surface area contributed by atoms with E-state index in [-0.39, 0.29) is 18.3 Å². The van der Waals surface area contributed by atoms with Gasteiger partial charge in [-0.25, -0.2) is 18.5 Å². The second-order valence-electron chi connectivity index (χ2n) is 8.51. The van der Waals surface area contributed by atoms with E-state index in [2.05, 4.69) is 10.2 Å². The maximum Gasteiger partial charge on any atom is 0.326 e. The van der Waals surface area contributed by atoms with Crippen LogP contribution in [0.2, 0.25) is 0 Å². The molecule has 170 valence electrons. The summed E-state index contributed by atoms with van der Waals surface area (Å²) in [5.41, 5.74) is -0.143. The van der Waals surface area contributed by atoms with Crippen molar-refractivity contribution >= 4 is 11.9 Å². The van der Waals surface area contributed by atoms with Gasteiger partial charge in [0.05, 0.1) is 13.8 Å². The number of ether oxygens (including phenoxy) is 1. The Morgan fingerprint density at radius 1 is 1.06 bits per heavy atom. The van der Waals surface area contributed by atoms with E-state index in [0.717, 1.165) is 55.7 Å². The summed E-state index contributed by atoms with van der Waals surface area (Å²) in [7, 11) is 1.62. The van der Waals surface area contributed by atoms with E-state index >= 15 is 0 Å². The zero-order valence-electron chi connectivity index (χ0n) is 18.2. The lowest BCUT2D eigenvalue weighted by molar-refractivity contribution is -0.132. The number of nitrogens with zero attached hydrogens (tertiary/aromatic N) is 2. The number of likely N-dealkylation sites (tertiary alicyclic amines) is 1. The summed E-state index contributed by atoms with van der Waals surface area (Å²) >= 11 is 0. The van der Waals surface area contributed by atoms with Crippen molar-refractivity contribution in [3.05, 3.63) is 65.2 Å². The van der Waals surface area contributed by atoms with Gasteiger partial charge in [-0.15, -0.1) is 0 Å². The number of rotatable bonds is 5. The Hall–Kier alpha value is -3.00. The fourth-order valence-corrected chi connectivity index (χ4v) is 4.55. The molecule has 2 saturated heterocycles. The molecule has 2 aromatic carbocycles. The van der Waals surface area contributed by atoms with Gasteiger partial charge >= 0.3 is 6.03 Å². The number of urea groups is 1. The lowest BCUT2D eigenvalue weighted by atomic mass is 9.92. The summed E-state index contributed by atoms with van der Waals surface area (Å²) in [6.45, 7) is 2.39. The van der Waals surface area contributed by atoms with Crippen molar-refractivity contribution in [1.82, 2.24) is 15.1 Å². The van der Waals surface area contributed by atoms with E-state index in [1.165, 1.54) is 17.9 Å². The molecule has 0 saturated carbocycles. The zero-order chi connectivity index (χ0) is 22.9. The predicted molar refractivity (Wildman–Crippen MR) is 115 cm³/mol. The quantitative estimate of drug-likeness (QED) is 0.700. The van der Waals surface area contributed by atoms with Crippen molar-refractivity contribution in [3.63, 3.8) is 0 Å². The second kappa shape index (κ2) is 8.86. The minimum atomic E-state index is -1.45. The van der Waals surface area contributed by atoms with Crippen molar-refractivity contribution in [3.8, 4) is 5.75 Å². The highest BCUT2D eigenvalue weighted by atomic mass is 19.2. The highest BCUT2D eigenvalue weighted by Gasteiger charge is 2.50. The van der Waals surface area contributed by atoms with E-state index in [1.807, 2.05) is 24.3 Å². The maximum atomic E-state index is 13.8. The van der Waals surface area contributed by atoms with Crippen LogP contribution in [0.15, 0.2) is 42.5 Å². The van der Waals surface area contributed by atoms with Crippen LogP contribution in [0.25, 0.3) is 0 Å². The van der Waals surface area contributed by atoms with E-state index in [1.54, 1.807) is 7.11 Å².